The van der Waals surface area contributed by atoms with Crippen LogP contribution in [-0.4, -0.2) is 47.8 Å². The van der Waals surface area contributed by atoms with E-state index in [1.165, 1.54) is 50.6 Å². The summed E-state index contributed by atoms with van der Waals surface area (Å²) in [5.41, 5.74) is -0.0197. The number of carbonyl (C=O) groups excluding carboxylic acids is 2. The molecule has 1 aliphatic rings. The Morgan fingerprint density at radius 2 is 1.46 bits per heavy atom. The summed E-state index contributed by atoms with van der Waals surface area (Å²) in [6, 6.07) is 7.96. The number of fused-ring (bicyclic) bond motifs is 1. The molecule has 10 heteroatoms. The van der Waals surface area contributed by atoms with E-state index in [1.807, 2.05) is 0 Å². The van der Waals surface area contributed by atoms with E-state index in [1.54, 1.807) is 0 Å². The van der Waals surface area contributed by atoms with Gasteiger partial charge < -0.3 is 18.9 Å². The van der Waals surface area contributed by atoms with Crippen LogP contribution in [0.3, 0.4) is 0 Å². The lowest BCUT2D eigenvalue weighted by Gasteiger charge is -2.19. The van der Waals surface area contributed by atoms with Crippen LogP contribution >= 0.6 is 0 Å². The fourth-order valence-electron chi connectivity index (χ4n) is 2.56. The molecule has 3 rings (SSSR count). The lowest BCUT2D eigenvalue weighted by Crippen LogP contribution is -2.18. The number of hydrogen-bond acceptors (Lipinski definition) is 8. The molecule has 0 fully saturated rings. The molecule has 0 atom stereocenters. The fraction of sp³-hybridized carbons (Fsp3) is 0.222. The number of ether oxygens (including phenoxy) is 4. The van der Waals surface area contributed by atoms with Crippen molar-refractivity contribution in [1.29, 1.82) is 0 Å². The summed E-state index contributed by atoms with van der Waals surface area (Å²) in [4.78, 5) is 23.6. The summed E-state index contributed by atoms with van der Waals surface area (Å²) in [5.74, 6) is -0.699. The van der Waals surface area contributed by atoms with Gasteiger partial charge in [-0.2, -0.15) is 0 Å². The molecule has 0 radical (unpaired) electrons. The zero-order valence-corrected chi connectivity index (χ0v) is 15.9. The van der Waals surface area contributed by atoms with Gasteiger partial charge in [-0.15, -0.1) is 0 Å². The van der Waals surface area contributed by atoms with Crippen LogP contribution < -0.4 is 14.2 Å². The molecule has 148 valence electrons. The van der Waals surface area contributed by atoms with Gasteiger partial charge in [-0.1, -0.05) is 0 Å². The number of hydrogen-bond donors (Lipinski definition) is 1. The van der Waals surface area contributed by atoms with E-state index >= 15 is 0 Å². The predicted octanol–water partition coefficient (Wildman–Crippen LogP) is 1.83. The Labute approximate surface area is 161 Å². The minimum Gasteiger partial charge on any atom is -0.486 e. The molecule has 0 saturated heterocycles. The molecule has 0 unspecified atom stereocenters. The van der Waals surface area contributed by atoms with Crippen molar-refractivity contribution in [3.05, 3.63) is 47.5 Å². The van der Waals surface area contributed by atoms with Crippen LogP contribution in [0.2, 0.25) is 0 Å². The normalized spacial score (nSPS) is 12.8. The van der Waals surface area contributed by atoms with Gasteiger partial charge in [0.15, 0.2) is 11.5 Å². The molecule has 2 aromatic carbocycles. The van der Waals surface area contributed by atoms with Gasteiger partial charge >= 0.3 is 11.9 Å². The molecule has 0 spiro atoms. The Morgan fingerprint density at radius 3 is 2.04 bits per heavy atom. The maximum absolute atomic E-state index is 12.7. The highest BCUT2D eigenvalue weighted by molar-refractivity contribution is 7.92. The molecule has 0 bridgehead atoms. The van der Waals surface area contributed by atoms with Gasteiger partial charge in [-0.25, -0.2) is 18.0 Å². The number of methoxy groups -OCH3 is 2. The Bertz CT molecular complexity index is 998. The SMILES string of the molecule is COC(=O)c1cc(NS(=O)(=O)c2ccc3c(c2)OCCO3)cc(C(=O)OC)c1. The molecule has 1 heterocycles. The van der Waals surface area contributed by atoms with Crippen molar-refractivity contribution < 1.29 is 37.0 Å². The standard InChI is InChI=1S/C18H17NO8S/c1-24-17(20)11-7-12(18(21)25-2)9-13(8-11)19-28(22,23)14-3-4-15-16(10-14)27-6-5-26-15/h3-4,7-10,19H,5-6H2,1-2H3. The first-order valence-corrected chi connectivity index (χ1v) is 9.56. The molecule has 28 heavy (non-hydrogen) atoms. The van der Waals surface area contributed by atoms with Gasteiger partial charge in [-0.05, 0) is 30.3 Å². The molecule has 1 N–H and O–H groups in total. The number of rotatable bonds is 5. The summed E-state index contributed by atoms with van der Waals surface area (Å²) >= 11 is 0. The maximum atomic E-state index is 12.7. The van der Waals surface area contributed by atoms with E-state index in [9.17, 15) is 18.0 Å². The summed E-state index contributed by atoms with van der Waals surface area (Å²) < 4.78 is 47.9. The number of esters is 2. The first kappa shape index (κ1) is 19.5. The largest absolute Gasteiger partial charge is 0.486 e. The van der Waals surface area contributed by atoms with Crippen LogP contribution in [0.25, 0.3) is 0 Å². The highest BCUT2D eigenvalue weighted by atomic mass is 32.2. The quantitative estimate of drug-likeness (QED) is 0.746. The average Bonchev–Trinajstić information content (AvgIpc) is 2.71. The van der Waals surface area contributed by atoms with Crippen molar-refractivity contribution in [2.45, 2.75) is 4.90 Å². The minimum atomic E-state index is -4.03. The Morgan fingerprint density at radius 1 is 0.893 bits per heavy atom. The summed E-state index contributed by atoms with van der Waals surface area (Å²) in [7, 11) is -1.69. The second kappa shape index (κ2) is 7.77. The van der Waals surface area contributed by atoms with Gasteiger partial charge in [-0.3, -0.25) is 4.72 Å². The van der Waals surface area contributed by atoms with Gasteiger partial charge in [0.05, 0.1) is 35.9 Å². The first-order chi connectivity index (χ1) is 13.3. The van der Waals surface area contributed by atoms with Crippen LogP contribution in [0.1, 0.15) is 20.7 Å². The number of nitrogens with one attached hydrogen (secondary N) is 1. The third kappa shape index (κ3) is 4.01. The van der Waals surface area contributed by atoms with Crippen LogP contribution in [0, 0.1) is 0 Å². The number of sulfonamides is 1. The smallest absolute Gasteiger partial charge is 0.337 e. The number of carbonyl (C=O) groups is 2. The first-order valence-electron chi connectivity index (χ1n) is 8.08. The fourth-order valence-corrected chi connectivity index (χ4v) is 3.62. The Kier molecular flexibility index (Phi) is 5.41. The van der Waals surface area contributed by atoms with E-state index in [2.05, 4.69) is 14.2 Å². The molecule has 9 nitrogen and oxygen atoms in total. The monoisotopic (exact) mass is 407 g/mol. The third-order valence-electron chi connectivity index (χ3n) is 3.85. The van der Waals surface area contributed by atoms with Crippen molar-refractivity contribution in [3.8, 4) is 11.5 Å². The molecule has 1 aliphatic heterocycles. The molecular formula is C18H17NO8S. The number of benzene rings is 2. The van der Waals surface area contributed by atoms with Gasteiger partial charge in [0.2, 0.25) is 0 Å². The topological polar surface area (TPSA) is 117 Å². The maximum Gasteiger partial charge on any atom is 0.337 e. The molecular weight excluding hydrogens is 390 g/mol. The van der Waals surface area contributed by atoms with Crippen LogP contribution in [0.15, 0.2) is 41.3 Å². The van der Waals surface area contributed by atoms with E-state index in [-0.39, 0.29) is 21.7 Å². The zero-order chi connectivity index (χ0) is 20.3. The van der Waals surface area contributed by atoms with Crippen molar-refractivity contribution >= 4 is 27.6 Å². The number of anilines is 1. The highest BCUT2D eigenvalue weighted by Gasteiger charge is 2.21. The van der Waals surface area contributed by atoms with Crippen LogP contribution in [0.5, 0.6) is 11.5 Å². The summed E-state index contributed by atoms with van der Waals surface area (Å²) in [6.07, 6.45) is 0. The lowest BCUT2D eigenvalue weighted by molar-refractivity contribution is 0.0599. The second-order valence-electron chi connectivity index (χ2n) is 5.69. The molecule has 0 aromatic heterocycles. The van der Waals surface area contributed by atoms with Crippen LogP contribution in [-0.2, 0) is 19.5 Å². The van der Waals surface area contributed by atoms with Crippen molar-refractivity contribution in [2.75, 3.05) is 32.2 Å². The average molecular weight is 407 g/mol. The molecule has 0 saturated carbocycles. The van der Waals surface area contributed by atoms with Gasteiger partial charge in [0.1, 0.15) is 13.2 Å². The Balaban J connectivity index is 1.97. The van der Waals surface area contributed by atoms with Crippen molar-refractivity contribution in [1.82, 2.24) is 0 Å². The highest BCUT2D eigenvalue weighted by Crippen LogP contribution is 2.33. The predicted molar refractivity (Wildman–Crippen MR) is 97.4 cm³/mol. The van der Waals surface area contributed by atoms with E-state index in [4.69, 9.17) is 9.47 Å². The second-order valence-corrected chi connectivity index (χ2v) is 7.38. The van der Waals surface area contributed by atoms with Crippen LogP contribution in [0.4, 0.5) is 5.69 Å². The van der Waals surface area contributed by atoms with Gasteiger partial charge in [0, 0.05) is 6.07 Å². The van der Waals surface area contributed by atoms with Crippen molar-refractivity contribution in [2.24, 2.45) is 0 Å². The third-order valence-corrected chi connectivity index (χ3v) is 5.23. The minimum absolute atomic E-state index is 0.00168. The molecule has 2 aromatic rings. The Hall–Kier alpha value is -3.27. The summed E-state index contributed by atoms with van der Waals surface area (Å²) in [5, 5.41) is 0. The zero-order valence-electron chi connectivity index (χ0n) is 15.1. The lowest BCUT2D eigenvalue weighted by atomic mass is 10.1. The summed E-state index contributed by atoms with van der Waals surface area (Å²) in [6.45, 7) is 0.696. The van der Waals surface area contributed by atoms with E-state index in [0.29, 0.717) is 24.7 Å². The molecule has 0 amide bonds. The molecule has 0 aliphatic carbocycles. The van der Waals surface area contributed by atoms with Crippen molar-refractivity contribution in [3.63, 3.8) is 0 Å². The van der Waals surface area contributed by atoms with E-state index in [0.717, 1.165) is 0 Å². The van der Waals surface area contributed by atoms with E-state index < -0.39 is 22.0 Å². The van der Waals surface area contributed by atoms with Gasteiger partial charge in [0.25, 0.3) is 10.0 Å².